The summed E-state index contributed by atoms with van der Waals surface area (Å²) < 4.78 is 4.56. The largest absolute Gasteiger partial charge is 0.468 e. The van der Waals surface area contributed by atoms with Gasteiger partial charge >= 0.3 is 5.97 Å². The molecule has 0 spiro atoms. The van der Waals surface area contributed by atoms with Crippen molar-refractivity contribution in [3.63, 3.8) is 0 Å². The number of methoxy groups -OCH3 is 1. The Labute approximate surface area is 79.8 Å². The lowest BCUT2D eigenvalue weighted by Gasteiger charge is -2.11. The van der Waals surface area contributed by atoms with E-state index >= 15 is 0 Å². The van der Waals surface area contributed by atoms with Crippen molar-refractivity contribution in [2.45, 2.75) is 38.6 Å². The Kier molecular flexibility index (Phi) is 4.22. The molecule has 3 nitrogen and oxygen atoms in total. The second-order valence-electron chi connectivity index (χ2n) is 3.74. The number of esters is 1. The van der Waals surface area contributed by atoms with Crippen LogP contribution in [0.4, 0.5) is 0 Å². The van der Waals surface area contributed by atoms with Crippen LogP contribution in [-0.4, -0.2) is 25.7 Å². The summed E-state index contributed by atoms with van der Waals surface area (Å²) in [6, 6.07) is 0.532. The maximum absolute atomic E-state index is 10.8. The van der Waals surface area contributed by atoms with Crippen LogP contribution in [-0.2, 0) is 9.53 Å². The summed E-state index contributed by atoms with van der Waals surface area (Å²) in [5, 5.41) is 3.22. The lowest BCUT2D eigenvalue weighted by Crippen LogP contribution is -2.32. The SMILES string of the molecule is CCC1CCC(NCC(=O)OC)C1. The van der Waals surface area contributed by atoms with E-state index in [4.69, 9.17) is 0 Å². The van der Waals surface area contributed by atoms with Crippen LogP contribution in [0, 0.1) is 5.92 Å². The summed E-state index contributed by atoms with van der Waals surface area (Å²) in [6.45, 7) is 2.59. The molecule has 0 aliphatic heterocycles. The van der Waals surface area contributed by atoms with Crippen molar-refractivity contribution >= 4 is 5.97 Å². The quantitative estimate of drug-likeness (QED) is 0.671. The van der Waals surface area contributed by atoms with Gasteiger partial charge in [-0.15, -0.1) is 0 Å². The Bertz CT molecular complexity index is 170. The number of hydrogen-bond acceptors (Lipinski definition) is 3. The number of nitrogens with one attached hydrogen (secondary N) is 1. The van der Waals surface area contributed by atoms with Gasteiger partial charge in [-0.05, 0) is 25.2 Å². The molecule has 2 unspecified atom stereocenters. The number of rotatable bonds is 4. The third-order valence-electron chi connectivity index (χ3n) is 2.88. The van der Waals surface area contributed by atoms with Crippen molar-refractivity contribution in [2.75, 3.05) is 13.7 Å². The molecular formula is C10H19NO2. The summed E-state index contributed by atoms with van der Waals surface area (Å²) in [6.07, 6.45) is 4.98. The molecule has 76 valence electrons. The van der Waals surface area contributed by atoms with Crippen LogP contribution in [0.5, 0.6) is 0 Å². The highest BCUT2D eigenvalue weighted by Gasteiger charge is 2.23. The Morgan fingerprint density at radius 2 is 2.31 bits per heavy atom. The van der Waals surface area contributed by atoms with E-state index in [1.165, 1.54) is 32.8 Å². The molecule has 0 aromatic carbocycles. The monoisotopic (exact) mass is 185 g/mol. The van der Waals surface area contributed by atoms with Gasteiger partial charge in [0.05, 0.1) is 13.7 Å². The zero-order valence-corrected chi connectivity index (χ0v) is 8.51. The van der Waals surface area contributed by atoms with Gasteiger partial charge < -0.3 is 10.1 Å². The van der Waals surface area contributed by atoms with E-state index in [9.17, 15) is 4.79 Å². The molecule has 1 rings (SSSR count). The fraction of sp³-hybridized carbons (Fsp3) is 0.900. The first-order chi connectivity index (χ1) is 6.26. The molecule has 1 N–H and O–H groups in total. The van der Waals surface area contributed by atoms with Gasteiger partial charge in [0, 0.05) is 6.04 Å². The number of carbonyl (C=O) groups is 1. The summed E-state index contributed by atoms with van der Waals surface area (Å²) in [5.74, 6) is 0.690. The van der Waals surface area contributed by atoms with Gasteiger partial charge in [-0.25, -0.2) is 0 Å². The molecule has 1 aliphatic carbocycles. The van der Waals surface area contributed by atoms with E-state index in [-0.39, 0.29) is 5.97 Å². The molecule has 13 heavy (non-hydrogen) atoms. The van der Waals surface area contributed by atoms with E-state index in [0.717, 1.165) is 5.92 Å². The molecule has 1 saturated carbocycles. The Hall–Kier alpha value is -0.570. The first-order valence-corrected chi connectivity index (χ1v) is 5.06. The summed E-state index contributed by atoms with van der Waals surface area (Å²) in [7, 11) is 1.42. The molecule has 0 heterocycles. The van der Waals surface area contributed by atoms with Crippen LogP contribution in [0.1, 0.15) is 32.6 Å². The van der Waals surface area contributed by atoms with E-state index < -0.39 is 0 Å². The summed E-state index contributed by atoms with van der Waals surface area (Å²) >= 11 is 0. The normalized spacial score (nSPS) is 27.5. The van der Waals surface area contributed by atoms with E-state index in [1.807, 2.05) is 0 Å². The molecule has 1 fully saturated rings. The minimum Gasteiger partial charge on any atom is -0.468 e. The van der Waals surface area contributed by atoms with Crippen LogP contribution in [0.15, 0.2) is 0 Å². The molecule has 0 saturated heterocycles. The minimum absolute atomic E-state index is 0.167. The summed E-state index contributed by atoms with van der Waals surface area (Å²) in [4.78, 5) is 10.8. The lowest BCUT2D eigenvalue weighted by molar-refractivity contribution is -0.139. The number of hydrogen-bond donors (Lipinski definition) is 1. The van der Waals surface area contributed by atoms with Crippen LogP contribution in [0.2, 0.25) is 0 Å². The Morgan fingerprint density at radius 1 is 1.54 bits per heavy atom. The van der Waals surface area contributed by atoms with Crippen LogP contribution >= 0.6 is 0 Å². The maximum Gasteiger partial charge on any atom is 0.319 e. The van der Waals surface area contributed by atoms with Gasteiger partial charge in [-0.2, -0.15) is 0 Å². The highest BCUT2D eigenvalue weighted by Crippen LogP contribution is 2.27. The van der Waals surface area contributed by atoms with Crippen molar-refractivity contribution in [1.82, 2.24) is 5.32 Å². The predicted molar refractivity (Wildman–Crippen MR) is 51.4 cm³/mol. The van der Waals surface area contributed by atoms with Gasteiger partial charge in [-0.3, -0.25) is 4.79 Å². The minimum atomic E-state index is -0.167. The molecule has 0 aromatic heterocycles. The van der Waals surface area contributed by atoms with E-state index in [1.54, 1.807) is 0 Å². The molecular weight excluding hydrogens is 166 g/mol. The van der Waals surface area contributed by atoms with Gasteiger partial charge in [0.1, 0.15) is 0 Å². The van der Waals surface area contributed by atoms with Crippen LogP contribution in [0.25, 0.3) is 0 Å². The second kappa shape index (κ2) is 5.22. The second-order valence-corrected chi connectivity index (χ2v) is 3.74. The number of carbonyl (C=O) groups excluding carboxylic acids is 1. The van der Waals surface area contributed by atoms with Gasteiger partial charge in [0.25, 0.3) is 0 Å². The van der Waals surface area contributed by atoms with Crippen molar-refractivity contribution in [2.24, 2.45) is 5.92 Å². The predicted octanol–water partition coefficient (Wildman–Crippen LogP) is 1.33. The average Bonchev–Trinajstić information content (AvgIpc) is 2.61. The molecule has 2 atom stereocenters. The molecule has 3 heteroatoms. The van der Waals surface area contributed by atoms with Gasteiger partial charge in [0.15, 0.2) is 0 Å². The standard InChI is InChI=1S/C10H19NO2/c1-3-8-4-5-9(6-8)11-7-10(12)13-2/h8-9,11H,3-7H2,1-2H3. The highest BCUT2D eigenvalue weighted by atomic mass is 16.5. The van der Waals surface area contributed by atoms with E-state index in [0.29, 0.717) is 12.6 Å². The van der Waals surface area contributed by atoms with Crippen LogP contribution < -0.4 is 5.32 Å². The molecule has 0 amide bonds. The number of ether oxygens (including phenoxy) is 1. The topological polar surface area (TPSA) is 38.3 Å². The Balaban J connectivity index is 2.13. The maximum atomic E-state index is 10.8. The molecule has 0 radical (unpaired) electrons. The molecule has 0 aromatic rings. The van der Waals surface area contributed by atoms with Gasteiger partial charge in [0.2, 0.25) is 0 Å². The highest BCUT2D eigenvalue weighted by molar-refractivity contribution is 5.71. The van der Waals surface area contributed by atoms with Crippen LogP contribution in [0.3, 0.4) is 0 Å². The average molecular weight is 185 g/mol. The third-order valence-corrected chi connectivity index (χ3v) is 2.88. The fourth-order valence-electron chi connectivity index (χ4n) is 1.93. The zero-order valence-electron chi connectivity index (χ0n) is 8.51. The third kappa shape index (κ3) is 3.35. The van der Waals surface area contributed by atoms with Crippen molar-refractivity contribution < 1.29 is 9.53 Å². The molecule has 1 aliphatic rings. The van der Waals surface area contributed by atoms with Gasteiger partial charge in [-0.1, -0.05) is 13.3 Å². The molecule has 0 bridgehead atoms. The van der Waals surface area contributed by atoms with Crippen molar-refractivity contribution in [3.8, 4) is 0 Å². The Morgan fingerprint density at radius 3 is 2.85 bits per heavy atom. The first kappa shape index (κ1) is 10.5. The fourth-order valence-corrected chi connectivity index (χ4v) is 1.93. The smallest absolute Gasteiger partial charge is 0.319 e. The lowest BCUT2D eigenvalue weighted by atomic mass is 10.1. The zero-order chi connectivity index (χ0) is 9.68. The van der Waals surface area contributed by atoms with E-state index in [2.05, 4.69) is 17.0 Å². The summed E-state index contributed by atoms with van der Waals surface area (Å²) in [5.41, 5.74) is 0. The van der Waals surface area contributed by atoms with Crippen molar-refractivity contribution in [1.29, 1.82) is 0 Å². The first-order valence-electron chi connectivity index (χ1n) is 5.06. The van der Waals surface area contributed by atoms with Crippen molar-refractivity contribution in [3.05, 3.63) is 0 Å².